The second-order valence-corrected chi connectivity index (χ2v) is 9.06. The zero-order valence-electron chi connectivity index (χ0n) is 16.3. The number of hydrogen-bond acceptors (Lipinski definition) is 6. The third-order valence-electron chi connectivity index (χ3n) is 4.17. The van der Waals surface area contributed by atoms with Crippen molar-refractivity contribution < 1.29 is 22.3 Å². The van der Waals surface area contributed by atoms with Gasteiger partial charge in [-0.2, -0.15) is 4.31 Å². The third kappa shape index (κ3) is 4.75. The molecule has 0 fully saturated rings. The second-order valence-electron chi connectivity index (χ2n) is 6.16. The molecule has 0 amide bonds. The van der Waals surface area contributed by atoms with Crippen LogP contribution in [0.2, 0.25) is 0 Å². The Kier molecular flexibility index (Phi) is 6.51. The molecule has 0 bridgehead atoms. The first-order valence-corrected chi connectivity index (χ1v) is 11.1. The number of sulfonamides is 1. The summed E-state index contributed by atoms with van der Waals surface area (Å²) in [6.45, 7) is 2.54. The maximum absolute atomic E-state index is 13.1. The van der Waals surface area contributed by atoms with E-state index >= 15 is 0 Å². The van der Waals surface area contributed by atoms with Gasteiger partial charge in [0.05, 0.1) is 30.9 Å². The average molecular weight is 437 g/mol. The highest BCUT2D eigenvalue weighted by Gasteiger charge is 2.22. The smallest absolute Gasteiger partial charge is 0.243 e. The molecule has 3 aromatic rings. The number of hydrogen-bond donors (Lipinski definition) is 0. The van der Waals surface area contributed by atoms with Crippen molar-refractivity contribution in [1.29, 1.82) is 0 Å². The Hall–Kier alpha value is -2.49. The summed E-state index contributed by atoms with van der Waals surface area (Å²) >= 11 is 1.41. The number of thiazole rings is 1. The van der Waals surface area contributed by atoms with Gasteiger partial charge < -0.3 is 9.47 Å². The molecule has 3 rings (SSSR count). The Bertz CT molecular complexity index is 1080. The minimum atomic E-state index is -3.74. The molecule has 0 N–H and O–H groups in total. The minimum absolute atomic E-state index is 0.0353. The van der Waals surface area contributed by atoms with E-state index in [2.05, 4.69) is 4.98 Å². The first kappa shape index (κ1) is 21.2. The van der Waals surface area contributed by atoms with Gasteiger partial charge in [-0.05, 0) is 49.4 Å². The van der Waals surface area contributed by atoms with E-state index in [1.165, 1.54) is 34.8 Å². The van der Waals surface area contributed by atoms with E-state index < -0.39 is 15.8 Å². The second kappa shape index (κ2) is 8.89. The SMILES string of the molecule is CCOc1ccc(-c2nc(CN(C)S(=O)(=O)c3ccc(F)cc3)cs2)cc1OC. The lowest BCUT2D eigenvalue weighted by atomic mass is 10.2. The fourth-order valence-corrected chi connectivity index (χ4v) is 4.64. The summed E-state index contributed by atoms with van der Waals surface area (Å²) in [5, 5.41) is 2.56. The normalized spacial score (nSPS) is 11.6. The van der Waals surface area contributed by atoms with Gasteiger partial charge in [0.25, 0.3) is 0 Å². The Labute approximate surface area is 173 Å². The van der Waals surface area contributed by atoms with Crippen LogP contribution in [-0.2, 0) is 16.6 Å². The zero-order valence-corrected chi connectivity index (χ0v) is 17.9. The minimum Gasteiger partial charge on any atom is -0.493 e. The van der Waals surface area contributed by atoms with Crippen molar-refractivity contribution in [3.8, 4) is 22.1 Å². The number of nitrogens with zero attached hydrogens (tertiary/aromatic N) is 2. The van der Waals surface area contributed by atoms with Gasteiger partial charge in [-0.3, -0.25) is 0 Å². The first-order chi connectivity index (χ1) is 13.8. The standard InChI is InChI=1S/C20H21FN2O4S2/c1-4-27-18-10-5-14(11-19(18)26-3)20-22-16(13-28-20)12-23(2)29(24,25)17-8-6-15(21)7-9-17/h5-11,13H,4,12H2,1-3H3. The molecule has 0 saturated heterocycles. The van der Waals surface area contributed by atoms with Crippen LogP contribution in [0.4, 0.5) is 4.39 Å². The highest BCUT2D eigenvalue weighted by atomic mass is 32.2. The van der Waals surface area contributed by atoms with Crippen LogP contribution < -0.4 is 9.47 Å². The van der Waals surface area contributed by atoms with E-state index in [9.17, 15) is 12.8 Å². The Morgan fingerprint density at radius 1 is 1.14 bits per heavy atom. The summed E-state index contributed by atoms with van der Waals surface area (Å²) in [5.41, 5.74) is 1.47. The van der Waals surface area contributed by atoms with Crippen LogP contribution in [0.5, 0.6) is 11.5 Å². The molecule has 9 heteroatoms. The number of methoxy groups -OCH3 is 1. The monoisotopic (exact) mass is 436 g/mol. The van der Waals surface area contributed by atoms with Crippen LogP contribution in [0, 0.1) is 5.82 Å². The molecule has 0 aliphatic carbocycles. The number of benzene rings is 2. The molecule has 1 aromatic heterocycles. The number of ether oxygens (including phenoxy) is 2. The van der Waals surface area contributed by atoms with E-state index in [4.69, 9.17) is 9.47 Å². The fraction of sp³-hybridized carbons (Fsp3) is 0.250. The van der Waals surface area contributed by atoms with E-state index in [1.54, 1.807) is 7.11 Å². The molecule has 0 radical (unpaired) electrons. The van der Waals surface area contributed by atoms with E-state index in [0.717, 1.165) is 22.7 Å². The molecule has 29 heavy (non-hydrogen) atoms. The molecule has 0 aliphatic heterocycles. The molecule has 154 valence electrons. The maximum atomic E-state index is 13.1. The van der Waals surface area contributed by atoms with Crippen molar-refractivity contribution in [1.82, 2.24) is 9.29 Å². The predicted molar refractivity (Wildman–Crippen MR) is 110 cm³/mol. The lowest BCUT2D eigenvalue weighted by Gasteiger charge is -2.16. The van der Waals surface area contributed by atoms with Crippen LogP contribution in [0.25, 0.3) is 10.6 Å². The molecule has 6 nitrogen and oxygen atoms in total. The zero-order chi connectivity index (χ0) is 21.0. The van der Waals surface area contributed by atoms with Gasteiger partial charge in [-0.1, -0.05) is 0 Å². The maximum Gasteiger partial charge on any atom is 0.243 e. The molecule has 0 aliphatic rings. The molecular formula is C20H21FN2O4S2. The van der Waals surface area contributed by atoms with Crippen LogP contribution >= 0.6 is 11.3 Å². The van der Waals surface area contributed by atoms with Crippen LogP contribution in [-0.4, -0.2) is 38.5 Å². The van der Waals surface area contributed by atoms with E-state index in [-0.39, 0.29) is 11.4 Å². The van der Waals surface area contributed by atoms with Crippen LogP contribution in [0.1, 0.15) is 12.6 Å². The van der Waals surface area contributed by atoms with Crippen molar-refractivity contribution in [3.63, 3.8) is 0 Å². The highest BCUT2D eigenvalue weighted by molar-refractivity contribution is 7.89. The summed E-state index contributed by atoms with van der Waals surface area (Å²) in [6, 6.07) is 10.3. The first-order valence-electron chi connectivity index (χ1n) is 8.82. The predicted octanol–water partition coefficient (Wildman–Crippen LogP) is 4.18. The van der Waals surface area contributed by atoms with Gasteiger partial charge >= 0.3 is 0 Å². The Morgan fingerprint density at radius 2 is 1.86 bits per heavy atom. The van der Waals surface area contributed by atoms with Gasteiger partial charge in [0, 0.05) is 18.0 Å². The fourth-order valence-electron chi connectivity index (χ4n) is 2.69. The molecule has 0 spiro atoms. The van der Waals surface area contributed by atoms with E-state index in [1.807, 2.05) is 30.5 Å². The van der Waals surface area contributed by atoms with Gasteiger partial charge in [0.2, 0.25) is 10.0 Å². The average Bonchev–Trinajstić information content (AvgIpc) is 3.17. The number of halogens is 1. The van der Waals surface area contributed by atoms with Gasteiger partial charge in [-0.25, -0.2) is 17.8 Å². The molecule has 0 saturated carbocycles. The highest BCUT2D eigenvalue weighted by Crippen LogP contribution is 2.34. The van der Waals surface area contributed by atoms with Crippen molar-refractivity contribution in [2.45, 2.75) is 18.4 Å². The summed E-state index contributed by atoms with van der Waals surface area (Å²) in [6.07, 6.45) is 0. The number of aromatic nitrogens is 1. The van der Waals surface area contributed by atoms with Gasteiger partial charge in [0.1, 0.15) is 10.8 Å². The third-order valence-corrected chi connectivity index (χ3v) is 6.93. The van der Waals surface area contributed by atoms with Gasteiger partial charge in [-0.15, -0.1) is 11.3 Å². The molecule has 0 atom stereocenters. The van der Waals surface area contributed by atoms with Crippen LogP contribution in [0.3, 0.4) is 0 Å². The lowest BCUT2D eigenvalue weighted by Crippen LogP contribution is -2.26. The van der Waals surface area contributed by atoms with Crippen molar-refractivity contribution in [2.24, 2.45) is 0 Å². The Balaban J connectivity index is 1.79. The largest absolute Gasteiger partial charge is 0.493 e. The van der Waals surface area contributed by atoms with Crippen molar-refractivity contribution in [2.75, 3.05) is 20.8 Å². The summed E-state index contributed by atoms with van der Waals surface area (Å²) in [5.74, 6) is 0.777. The van der Waals surface area contributed by atoms with Crippen LogP contribution in [0.15, 0.2) is 52.7 Å². The van der Waals surface area contributed by atoms with Crippen molar-refractivity contribution >= 4 is 21.4 Å². The summed E-state index contributed by atoms with van der Waals surface area (Å²) in [4.78, 5) is 4.58. The molecule has 1 heterocycles. The molecule has 2 aromatic carbocycles. The lowest BCUT2D eigenvalue weighted by molar-refractivity contribution is 0.311. The quantitative estimate of drug-likeness (QED) is 0.530. The number of rotatable bonds is 8. The Morgan fingerprint density at radius 3 is 2.52 bits per heavy atom. The van der Waals surface area contributed by atoms with Gasteiger partial charge in [0.15, 0.2) is 11.5 Å². The van der Waals surface area contributed by atoms with Crippen molar-refractivity contribution in [3.05, 3.63) is 59.4 Å². The molecule has 0 unspecified atom stereocenters. The topological polar surface area (TPSA) is 68.7 Å². The summed E-state index contributed by atoms with van der Waals surface area (Å²) < 4.78 is 50.5. The summed E-state index contributed by atoms with van der Waals surface area (Å²) in [7, 11) is -0.694. The molecular weight excluding hydrogens is 415 g/mol. The van der Waals surface area contributed by atoms with E-state index in [0.29, 0.717) is 23.8 Å².